The number of carboxylic acid groups (broad SMARTS) is 2. The second kappa shape index (κ2) is 58.6. The highest BCUT2D eigenvalue weighted by molar-refractivity contribution is 5.90. The van der Waals surface area contributed by atoms with Crippen LogP contribution in [0.1, 0.15) is 110 Å². The van der Waals surface area contributed by atoms with Gasteiger partial charge in [-0.3, -0.25) is 28.8 Å². The molecule has 0 bridgehead atoms. The van der Waals surface area contributed by atoms with E-state index in [0.29, 0.717) is 56.4 Å². The highest BCUT2D eigenvalue weighted by Gasteiger charge is 2.59. The topological polar surface area (TPSA) is 679 Å². The first kappa shape index (κ1) is 111. The van der Waals surface area contributed by atoms with E-state index in [-0.39, 0.29) is 32.0 Å². The average molecular weight is 1870 g/mol. The van der Waals surface area contributed by atoms with E-state index in [1.807, 2.05) is 12.2 Å². The molecule has 12 unspecified atom stereocenters. The van der Waals surface area contributed by atoms with Crippen LogP contribution in [0, 0.1) is 0 Å². The van der Waals surface area contributed by atoms with Crippen LogP contribution in [0.3, 0.4) is 0 Å². The molecule has 46 heteroatoms. The lowest BCUT2D eigenvalue weighted by Crippen LogP contribution is -2.71. The number of methoxy groups -OCH3 is 4. The zero-order valence-corrected chi connectivity index (χ0v) is 74.3. The number of carbonyl (C=O) groups is 8. The van der Waals surface area contributed by atoms with Crippen molar-refractivity contribution >= 4 is 47.4 Å². The molecule has 6 amide bonds. The van der Waals surface area contributed by atoms with Gasteiger partial charge in [0.05, 0.1) is 26.4 Å². The van der Waals surface area contributed by atoms with Gasteiger partial charge in [0.2, 0.25) is 29.5 Å². The molecule has 0 aromatic heterocycles. The lowest BCUT2D eigenvalue weighted by molar-refractivity contribution is -0.371. The molecule has 131 heavy (non-hydrogen) atoms. The number of benzene rings is 1. The molecule has 46 nitrogen and oxygen atoms in total. The van der Waals surface area contributed by atoms with E-state index in [1.165, 1.54) is 21.1 Å². The van der Waals surface area contributed by atoms with Crippen LogP contribution in [0.2, 0.25) is 0 Å². The van der Waals surface area contributed by atoms with Gasteiger partial charge in [0.15, 0.2) is 56.1 Å². The number of allylic oxidation sites excluding steroid dienone is 12. The van der Waals surface area contributed by atoms with Gasteiger partial charge < -0.3 is 174 Å². The van der Waals surface area contributed by atoms with E-state index in [9.17, 15) is 110 Å². The van der Waals surface area contributed by atoms with Crippen LogP contribution in [-0.4, -0.2) is 383 Å². The van der Waals surface area contributed by atoms with E-state index >= 15 is 0 Å². The predicted octanol–water partition coefficient (Wildman–Crippen LogP) is -3.22. The molecule has 6 aliphatic heterocycles. The maximum atomic E-state index is 14.5. The van der Waals surface area contributed by atoms with E-state index in [2.05, 4.69) is 110 Å². The van der Waals surface area contributed by atoms with Crippen LogP contribution in [0.5, 0.6) is 5.75 Å². The Labute approximate surface area is 757 Å². The van der Waals surface area contributed by atoms with Gasteiger partial charge in [0.25, 0.3) is 5.91 Å². The van der Waals surface area contributed by atoms with Crippen molar-refractivity contribution in [3.8, 4) is 5.75 Å². The summed E-state index contributed by atoms with van der Waals surface area (Å²) in [5.74, 6) is -6.94. The third-order valence-electron chi connectivity index (χ3n) is 21.6. The highest BCUT2D eigenvalue weighted by Crippen LogP contribution is 2.37. The lowest BCUT2D eigenvalue weighted by atomic mass is 9.93. The largest absolute Gasteiger partial charge is 0.492 e. The number of carbonyl (C=O) groups excluding carboxylic acids is 6. The van der Waals surface area contributed by atoms with Gasteiger partial charge in [-0.25, -0.2) is 9.59 Å². The minimum atomic E-state index is -2.33. The molecular formula is C85H131N9O37. The van der Waals surface area contributed by atoms with Crippen LogP contribution < -0.4 is 36.6 Å². The van der Waals surface area contributed by atoms with Gasteiger partial charge in [0.1, 0.15) is 146 Å². The fraction of sp³-hybridized carbons (Fsp3) is 0.694. The Balaban J connectivity index is 0.000000767. The fourth-order valence-corrected chi connectivity index (χ4v) is 14.9. The highest BCUT2D eigenvalue weighted by atomic mass is 16.8. The number of amides is 6. The molecule has 31 atom stereocenters. The second-order valence-corrected chi connectivity index (χ2v) is 31.2. The maximum Gasteiger partial charge on any atom is 0.335 e. The van der Waals surface area contributed by atoms with Crippen molar-refractivity contribution in [1.82, 2.24) is 31.9 Å². The SMILES string of the molecule is CC/C=C\C/C=C\C/C=C\C/C=C\C/C=C\C/C=C\CCC(=O)NCCOc1ccc(C[C@H](NC(=O)C2O[C@@H](O[C@@H]3C(NC(C)=O)[C@H](O[C@@H]4C(O)[C@H](O[C@@H]5C(NC(C)=O)[C@H](OC)OC(CO)[C@H]5O)OC(C(=O)O)[C@H]4O)OC(CO)[C@H]3O)C(O)[C@@H](OC)[C@@H]2O)C(=O)NCCCCCCN=[N+]=[N-])cc1.CO[C@@H]1OC(CO)[C@@H](O)[C@H](O[C@@H]2OC(C(=O)O)[C@@H](O)[C@H](OC)C2O)C1NC(C)=O. The summed E-state index contributed by atoms with van der Waals surface area (Å²) in [5.41, 5.74) is 9.15. The number of aliphatic hydroxyl groups excluding tert-OH is 12. The summed E-state index contributed by atoms with van der Waals surface area (Å²) < 4.78 is 84.1. The molecule has 6 aliphatic rings. The van der Waals surface area contributed by atoms with Crippen molar-refractivity contribution in [2.45, 2.75) is 301 Å². The van der Waals surface area contributed by atoms with Gasteiger partial charge in [-0.05, 0) is 81.0 Å². The van der Waals surface area contributed by atoms with Gasteiger partial charge in [0, 0.05) is 80.1 Å². The Kier molecular flexibility index (Phi) is 49.8. The third-order valence-corrected chi connectivity index (χ3v) is 21.6. The average Bonchev–Trinajstić information content (AvgIpc) is 0.756. The van der Waals surface area contributed by atoms with Gasteiger partial charge in [-0.1, -0.05) is 110 Å². The Morgan fingerprint density at radius 3 is 1.25 bits per heavy atom. The number of nitrogens with zero attached hydrogens (tertiary/aromatic N) is 3. The van der Waals surface area contributed by atoms with Crippen LogP contribution in [0.25, 0.3) is 10.4 Å². The monoisotopic (exact) mass is 1870 g/mol. The normalized spacial score (nSPS) is 33.0. The van der Waals surface area contributed by atoms with Gasteiger partial charge in [-0.15, -0.1) is 0 Å². The number of aliphatic hydroxyl groups is 12. The Morgan fingerprint density at radius 1 is 0.450 bits per heavy atom. The number of azide groups is 1. The van der Waals surface area contributed by atoms with Crippen LogP contribution >= 0.6 is 0 Å². The molecule has 1 aromatic carbocycles. The summed E-state index contributed by atoms with van der Waals surface area (Å²) in [6.07, 6.45) is -14.6. The number of nitrogens with one attached hydrogen (secondary N) is 6. The number of ether oxygens (including phenoxy) is 15. The predicted molar refractivity (Wildman–Crippen MR) is 454 cm³/mol. The van der Waals surface area contributed by atoms with Crippen LogP contribution in [-0.2, 0) is 111 Å². The van der Waals surface area contributed by atoms with Crippen molar-refractivity contribution in [2.24, 2.45) is 5.11 Å². The molecule has 0 saturated carbocycles. The smallest absolute Gasteiger partial charge is 0.335 e. The maximum absolute atomic E-state index is 14.5. The van der Waals surface area contributed by atoms with E-state index < -0.39 is 251 Å². The molecule has 0 radical (unpaired) electrons. The summed E-state index contributed by atoms with van der Waals surface area (Å²) in [7, 11) is 4.67. The molecule has 7 rings (SSSR count). The molecule has 0 spiro atoms. The minimum absolute atomic E-state index is 0.135. The molecule has 6 heterocycles. The van der Waals surface area contributed by atoms with E-state index in [1.54, 1.807) is 24.3 Å². The van der Waals surface area contributed by atoms with Crippen molar-refractivity contribution < 1.29 is 181 Å². The molecule has 6 fully saturated rings. The third kappa shape index (κ3) is 34.1. The number of hydrogen-bond donors (Lipinski definition) is 20. The first-order valence-electron chi connectivity index (χ1n) is 43.1. The number of unbranched alkanes of at least 4 members (excludes halogenated alkanes) is 3. The number of hydrogen-bond acceptors (Lipinski definition) is 36. The lowest BCUT2D eigenvalue weighted by Gasteiger charge is -2.50. The molecule has 20 N–H and O–H groups in total. The summed E-state index contributed by atoms with van der Waals surface area (Å²) in [5, 5.41) is 170. The Morgan fingerprint density at radius 2 is 0.840 bits per heavy atom. The Hall–Kier alpha value is -8.51. The summed E-state index contributed by atoms with van der Waals surface area (Å²) in [6.45, 7) is 3.78. The first-order chi connectivity index (χ1) is 62.8. The van der Waals surface area contributed by atoms with Crippen molar-refractivity contribution in [1.29, 1.82) is 0 Å². The summed E-state index contributed by atoms with van der Waals surface area (Å²) in [6, 6.07) is 0.844. The van der Waals surface area contributed by atoms with Crippen molar-refractivity contribution in [3.05, 3.63) is 113 Å². The van der Waals surface area contributed by atoms with Crippen LogP contribution in [0.15, 0.2) is 102 Å². The number of carboxylic acids is 2. The number of rotatable bonds is 50. The zero-order valence-electron chi connectivity index (χ0n) is 74.3. The standard InChI is InChI=1S/C69H104N8O25.C16H27NO12/c1-6-7-8-9-10-11-12-13-14-15-16-17-18-19-20-21-22-23-26-29-48(82)71-36-37-95-44-32-30-43(31-33-44)38-45(63(89)72-34-27-24-25-28-35-73-77-70)76-64(90)61-53(85)59(93-4)55(87)68(101-61)99-58-50(75-42(3)81)67(97-47(40-79)52(58)84)100-60-54(86)62(65(91)92)102-69(56(60)88)98-57-49(74-41(2)80)66(94-5)96-46(39-78)51(57)83;1-5(19)17-7-11(8(20)6(4-18)27-15(7)26-3)28-16-10(22)12(25-2)9(21)13(29-16)14(23)24/h7-8,10-11,13-14,16-17,19-20,22-23,30-33,45-47,49-62,66-69,78-79,83-88H,6,9,12,15,18,21,24-29,34-40H2,1-5H3,(H,71,82)(H,72,89)(H,74,80)(H,75,81)(H,76,90)(H,91,92);6-13,15-16,18,20-22H,4H2,1-3H3,(H,17,19)(H,23,24)/b8-7-,11-10-,14-13-,17-16-,20-19-,23-22-;/t45-,46?,47?,49?,50?,51+,52+,53-,54-,55?,56?,57+,58+,59-,60-,61?,62?,66+,67-,68+,69+;6?,7?,8-,9+,10?,11-,12+,13?,15-,16-/m01/s1. The fourth-order valence-electron chi connectivity index (χ4n) is 14.9. The first-order valence-corrected chi connectivity index (χ1v) is 43.1. The van der Waals surface area contributed by atoms with Crippen LogP contribution in [0.4, 0.5) is 0 Å². The van der Waals surface area contributed by atoms with Crippen molar-refractivity contribution in [2.75, 3.05) is 74.5 Å². The molecule has 738 valence electrons. The summed E-state index contributed by atoms with van der Waals surface area (Å²) in [4.78, 5) is 105. The number of aliphatic carboxylic acids is 2. The molecule has 0 aliphatic carbocycles. The zero-order chi connectivity index (χ0) is 96.4. The van der Waals surface area contributed by atoms with Crippen molar-refractivity contribution in [3.63, 3.8) is 0 Å². The van der Waals surface area contributed by atoms with Gasteiger partial charge in [-0.2, -0.15) is 0 Å². The summed E-state index contributed by atoms with van der Waals surface area (Å²) >= 11 is 0. The van der Waals surface area contributed by atoms with E-state index in [0.717, 1.165) is 66.6 Å². The van der Waals surface area contributed by atoms with E-state index in [4.69, 9.17) is 76.6 Å². The molecule has 1 aromatic rings. The molecular weight excluding hydrogens is 1740 g/mol. The second-order valence-electron chi connectivity index (χ2n) is 31.2. The quantitative estimate of drug-likeness (QED) is 0.0100. The molecule has 6 saturated heterocycles. The Bertz CT molecular complexity index is 3880. The van der Waals surface area contributed by atoms with Gasteiger partial charge >= 0.3 is 11.9 Å². The minimum Gasteiger partial charge on any atom is -0.492 e.